The topological polar surface area (TPSA) is 330 Å². The van der Waals surface area contributed by atoms with Crippen LogP contribution in [0.3, 0.4) is 0 Å². The summed E-state index contributed by atoms with van der Waals surface area (Å²) in [7, 11) is 0. The number of nitrogens with two attached hydrogens (primary N) is 2. The summed E-state index contributed by atoms with van der Waals surface area (Å²) >= 11 is 3.87. The van der Waals surface area contributed by atoms with E-state index in [2.05, 4.69) is 72.3 Å². The van der Waals surface area contributed by atoms with Crippen molar-refractivity contribution in [3.05, 3.63) is 76.6 Å². The number of hydrogen-bond acceptors (Lipinski definition) is 15. The number of carboxylic acids is 3. The first-order valence-electron chi connectivity index (χ1n) is 15.4. The fourth-order valence-electron chi connectivity index (χ4n) is 4.44. The standard InChI is InChI=1S/C31H39N11O9S/c1-14(34-12-19(32)15(2)37-21(9-23(43)44)27(46)40-22(13-52)30(50)51)3-8-20(29(48)49)39-26(45)16-4-6-17(7-5-16)35-10-18-11-36-25-24(38-18)28(47)42-31(33)41-25/h4-7,11,19-22,34-35,37,52H,1-3,8-10,12-13,32H2,(H,39,45)(H,40,46)(H,43,44)(H,48,49)(H,50,51)(H3,33,36,41,42,47)/t19-,20-,21-,22-/m1/s1. The van der Waals surface area contributed by atoms with Gasteiger partial charge >= 0.3 is 17.9 Å². The summed E-state index contributed by atoms with van der Waals surface area (Å²) in [5, 5.41) is 41.4. The molecule has 0 radical (unpaired) electrons. The Kier molecular flexibility index (Phi) is 14.4. The largest absolute Gasteiger partial charge is 0.481 e. The van der Waals surface area contributed by atoms with Gasteiger partial charge in [0.05, 0.1) is 30.9 Å². The summed E-state index contributed by atoms with van der Waals surface area (Å²) in [6.45, 7) is 7.78. The maximum atomic E-state index is 12.8. The Morgan fingerprint density at radius 3 is 2.23 bits per heavy atom. The molecule has 278 valence electrons. The van der Waals surface area contributed by atoms with Gasteiger partial charge in [0.1, 0.15) is 18.1 Å². The number of amides is 2. The first-order chi connectivity index (χ1) is 24.6. The summed E-state index contributed by atoms with van der Waals surface area (Å²) in [6, 6.07) is 1.34. The van der Waals surface area contributed by atoms with Gasteiger partial charge in [-0.15, -0.1) is 0 Å². The van der Waals surface area contributed by atoms with Crippen LogP contribution < -0.4 is 43.6 Å². The molecule has 0 spiro atoms. The molecule has 2 amide bonds. The van der Waals surface area contributed by atoms with Crippen LogP contribution in [0.2, 0.25) is 0 Å². The number of carbonyl (C=O) groups is 5. The zero-order chi connectivity index (χ0) is 38.5. The van der Waals surface area contributed by atoms with Crippen molar-refractivity contribution < 1.29 is 39.3 Å². The average molecular weight is 742 g/mol. The number of H-pyrrole nitrogens is 1. The lowest BCUT2D eigenvalue weighted by Crippen LogP contribution is -2.53. The van der Waals surface area contributed by atoms with Gasteiger partial charge in [0.15, 0.2) is 11.2 Å². The second-order valence-electron chi connectivity index (χ2n) is 11.3. The van der Waals surface area contributed by atoms with E-state index in [1.54, 1.807) is 12.1 Å². The Bertz CT molecular complexity index is 1890. The van der Waals surface area contributed by atoms with E-state index in [9.17, 15) is 39.0 Å². The van der Waals surface area contributed by atoms with Crippen molar-refractivity contribution in [1.29, 1.82) is 0 Å². The van der Waals surface area contributed by atoms with Crippen molar-refractivity contribution in [2.45, 2.75) is 50.0 Å². The Morgan fingerprint density at radius 1 is 0.942 bits per heavy atom. The molecule has 21 heteroatoms. The van der Waals surface area contributed by atoms with E-state index in [4.69, 9.17) is 16.6 Å². The molecule has 0 saturated carbocycles. The van der Waals surface area contributed by atoms with E-state index in [0.717, 1.165) is 0 Å². The predicted molar refractivity (Wildman–Crippen MR) is 191 cm³/mol. The molecular weight excluding hydrogens is 702 g/mol. The van der Waals surface area contributed by atoms with Crippen molar-refractivity contribution in [2.24, 2.45) is 5.73 Å². The van der Waals surface area contributed by atoms with Crippen LogP contribution in [0, 0.1) is 0 Å². The van der Waals surface area contributed by atoms with E-state index >= 15 is 0 Å². The summed E-state index contributed by atoms with van der Waals surface area (Å²) in [4.78, 5) is 86.5. The van der Waals surface area contributed by atoms with Gasteiger partial charge in [-0.1, -0.05) is 13.2 Å². The second kappa shape index (κ2) is 18.7. The van der Waals surface area contributed by atoms with Crippen LogP contribution in [0.25, 0.3) is 11.2 Å². The quantitative estimate of drug-likeness (QED) is 0.0567. The van der Waals surface area contributed by atoms with Gasteiger partial charge in [-0.25, -0.2) is 19.6 Å². The van der Waals surface area contributed by atoms with E-state index in [-0.39, 0.29) is 60.1 Å². The molecule has 0 aliphatic rings. The minimum absolute atomic E-state index is 0.00298. The highest BCUT2D eigenvalue weighted by atomic mass is 32.1. The minimum atomic E-state index is -1.38. The molecule has 0 saturated heterocycles. The highest BCUT2D eigenvalue weighted by Crippen LogP contribution is 2.13. The van der Waals surface area contributed by atoms with Crippen molar-refractivity contribution in [3.63, 3.8) is 0 Å². The third-order valence-corrected chi connectivity index (χ3v) is 7.68. The van der Waals surface area contributed by atoms with Crippen molar-refractivity contribution in [3.8, 4) is 0 Å². The second-order valence-corrected chi connectivity index (χ2v) is 11.7. The highest BCUT2D eigenvalue weighted by molar-refractivity contribution is 7.80. The normalized spacial score (nSPS) is 13.1. The number of carboxylic acid groups (broad SMARTS) is 3. The number of anilines is 2. The molecule has 0 fully saturated rings. The van der Waals surface area contributed by atoms with Gasteiger partial charge < -0.3 is 53.4 Å². The van der Waals surface area contributed by atoms with Gasteiger partial charge in [0.25, 0.3) is 11.5 Å². The van der Waals surface area contributed by atoms with Crippen LogP contribution in [-0.2, 0) is 25.7 Å². The van der Waals surface area contributed by atoms with Crippen molar-refractivity contribution in [1.82, 2.24) is 41.2 Å². The lowest BCUT2D eigenvalue weighted by molar-refractivity contribution is -0.142. The Balaban J connectivity index is 1.47. The van der Waals surface area contributed by atoms with Crippen LogP contribution in [-0.4, -0.2) is 101 Å². The number of carbonyl (C=O) groups excluding carboxylic acids is 2. The molecule has 20 nitrogen and oxygen atoms in total. The third-order valence-electron chi connectivity index (χ3n) is 7.32. The minimum Gasteiger partial charge on any atom is -0.481 e. The molecule has 52 heavy (non-hydrogen) atoms. The molecule has 0 aliphatic heterocycles. The van der Waals surface area contributed by atoms with E-state index < -0.39 is 65.9 Å². The van der Waals surface area contributed by atoms with Crippen LogP contribution in [0.15, 0.2) is 59.8 Å². The number of nitrogen functional groups attached to an aromatic ring is 1. The van der Waals surface area contributed by atoms with E-state index in [1.165, 1.54) is 18.3 Å². The zero-order valence-electron chi connectivity index (χ0n) is 27.6. The number of fused-ring (bicyclic) bond motifs is 1. The van der Waals surface area contributed by atoms with Gasteiger partial charge in [0, 0.05) is 34.9 Å². The van der Waals surface area contributed by atoms with Gasteiger partial charge in [-0.2, -0.15) is 17.6 Å². The third kappa shape index (κ3) is 12.0. The maximum absolute atomic E-state index is 12.8. The summed E-state index contributed by atoms with van der Waals surface area (Å²) in [5.74, 6) is -5.78. The number of nitrogens with zero attached hydrogens (tertiary/aromatic N) is 3. The number of rotatable bonds is 21. The highest BCUT2D eigenvalue weighted by Gasteiger charge is 2.28. The number of nitrogens with one attached hydrogen (secondary N) is 6. The fraction of sp³-hybridized carbons (Fsp3) is 0.323. The lowest BCUT2D eigenvalue weighted by Gasteiger charge is -2.25. The van der Waals surface area contributed by atoms with Gasteiger partial charge in [-0.3, -0.25) is 24.2 Å². The molecule has 3 aromatic rings. The molecule has 0 aliphatic carbocycles. The molecule has 13 N–H and O–H groups in total. The van der Waals surface area contributed by atoms with Crippen LogP contribution >= 0.6 is 12.6 Å². The van der Waals surface area contributed by atoms with Crippen molar-refractivity contribution in [2.75, 3.05) is 23.3 Å². The summed E-state index contributed by atoms with van der Waals surface area (Å²) in [6.07, 6.45) is 0.830. The van der Waals surface area contributed by atoms with E-state index in [1.807, 2.05) is 0 Å². The van der Waals surface area contributed by atoms with Gasteiger partial charge in [0.2, 0.25) is 11.9 Å². The summed E-state index contributed by atoms with van der Waals surface area (Å²) < 4.78 is 0. The molecule has 0 unspecified atom stereocenters. The first-order valence-corrected chi connectivity index (χ1v) is 16.1. The molecular formula is C31H39N11O9S. The number of aliphatic carboxylic acids is 3. The van der Waals surface area contributed by atoms with Crippen LogP contribution in [0.5, 0.6) is 0 Å². The van der Waals surface area contributed by atoms with Crippen LogP contribution in [0.1, 0.15) is 35.3 Å². The molecule has 3 rings (SSSR count). The number of benzene rings is 1. The number of allylic oxidation sites excluding steroid dienone is 1. The maximum Gasteiger partial charge on any atom is 0.327 e. The van der Waals surface area contributed by atoms with Crippen molar-refractivity contribution >= 4 is 65.2 Å². The SMILES string of the molecule is C=C(CC[C@@H](NC(=O)c1ccc(NCc2cnc3nc(N)[nH]c(=O)c3n2)cc1)C(=O)O)NC[C@@H](N)C(=C)N[C@H](CC(=O)O)C(=O)N[C@H](CS)C(=O)O. The number of aromatic nitrogens is 4. The Hall–Kier alpha value is -6.22. The Morgan fingerprint density at radius 2 is 1.62 bits per heavy atom. The molecule has 2 heterocycles. The summed E-state index contributed by atoms with van der Waals surface area (Å²) in [5.41, 5.74) is 12.9. The van der Waals surface area contributed by atoms with Crippen LogP contribution in [0.4, 0.5) is 11.6 Å². The number of thiol groups is 1. The average Bonchev–Trinajstić information content (AvgIpc) is 3.09. The molecule has 0 bridgehead atoms. The smallest absolute Gasteiger partial charge is 0.327 e. The van der Waals surface area contributed by atoms with Gasteiger partial charge in [-0.05, 0) is 37.1 Å². The number of aromatic amines is 1. The van der Waals surface area contributed by atoms with E-state index in [0.29, 0.717) is 17.1 Å². The molecule has 2 aromatic heterocycles. The lowest BCUT2D eigenvalue weighted by atomic mass is 10.1. The monoisotopic (exact) mass is 741 g/mol. The first kappa shape index (κ1) is 40.2. The fourth-order valence-corrected chi connectivity index (χ4v) is 4.69. The molecule has 4 atom stereocenters. The Labute approximate surface area is 301 Å². The predicted octanol–water partition coefficient (Wildman–Crippen LogP) is -1.25. The molecule has 1 aromatic carbocycles. The zero-order valence-corrected chi connectivity index (χ0v) is 28.5. The number of hydrogen-bond donors (Lipinski definition) is 12.